The van der Waals surface area contributed by atoms with Crippen molar-refractivity contribution in [2.75, 3.05) is 0 Å². The Morgan fingerprint density at radius 2 is 1.46 bits per heavy atom. The van der Waals surface area contributed by atoms with Crippen LogP contribution >= 0.6 is 0 Å². The van der Waals surface area contributed by atoms with Gasteiger partial charge in [0.05, 0.1) is 4.90 Å². The molecule has 0 aliphatic rings. The molecule has 0 aliphatic carbocycles. The Hall–Kier alpha value is -0.190. The zero-order chi connectivity index (χ0) is 17.9. The SMILES string of the molecule is CCCCCCCCCCCCc1cccc2ccc(S(=O)O)cc12.[NaH]. The maximum absolute atomic E-state index is 11.3. The summed E-state index contributed by atoms with van der Waals surface area (Å²) in [7, 11) is 0. The molecule has 2 aromatic rings. The van der Waals surface area contributed by atoms with E-state index in [0.717, 1.165) is 17.2 Å². The number of rotatable bonds is 12. The van der Waals surface area contributed by atoms with Gasteiger partial charge in [-0.25, -0.2) is 4.21 Å². The van der Waals surface area contributed by atoms with Gasteiger partial charge in [0.2, 0.25) is 0 Å². The Morgan fingerprint density at radius 3 is 2.08 bits per heavy atom. The molecule has 26 heavy (non-hydrogen) atoms. The van der Waals surface area contributed by atoms with Crippen LogP contribution in [0.25, 0.3) is 10.8 Å². The third-order valence-corrected chi connectivity index (χ3v) is 5.60. The van der Waals surface area contributed by atoms with Gasteiger partial charge in [-0.3, -0.25) is 0 Å². The van der Waals surface area contributed by atoms with Crippen LogP contribution in [0.5, 0.6) is 0 Å². The molecule has 1 atom stereocenters. The predicted octanol–water partition coefficient (Wildman–Crippen LogP) is 6.24. The van der Waals surface area contributed by atoms with Crippen LogP contribution in [-0.4, -0.2) is 38.3 Å². The molecule has 0 heterocycles. The van der Waals surface area contributed by atoms with Crippen molar-refractivity contribution in [1.29, 1.82) is 0 Å². The van der Waals surface area contributed by atoms with Gasteiger partial charge in [-0.2, -0.15) is 0 Å². The molecule has 0 bridgehead atoms. The first-order chi connectivity index (χ1) is 12.2. The van der Waals surface area contributed by atoms with Gasteiger partial charge in [-0.15, -0.1) is 0 Å². The van der Waals surface area contributed by atoms with Crippen molar-refractivity contribution in [3.8, 4) is 0 Å². The Kier molecular flexibility index (Phi) is 12.8. The van der Waals surface area contributed by atoms with Gasteiger partial charge in [-0.05, 0) is 41.3 Å². The van der Waals surface area contributed by atoms with Crippen LogP contribution < -0.4 is 0 Å². The van der Waals surface area contributed by atoms with Gasteiger partial charge in [0.25, 0.3) is 0 Å². The molecule has 1 unspecified atom stereocenters. The van der Waals surface area contributed by atoms with E-state index in [4.69, 9.17) is 0 Å². The molecule has 4 heteroatoms. The molecule has 140 valence electrons. The topological polar surface area (TPSA) is 37.3 Å². The van der Waals surface area contributed by atoms with E-state index in [1.165, 1.54) is 69.8 Å². The second-order valence-electron chi connectivity index (χ2n) is 6.98. The van der Waals surface area contributed by atoms with Crippen LogP contribution in [0.15, 0.2) is 41.3 Å². The summed E-state index contributed by atoms with van der Waals surface area (Å²) < 4.78 is 20.6. The predicted molar refractivity (Wildman–Crippen MR) is 116 cm³/mol. The summed E-state index contributed by atoms with van der Waals surface area (Å²) in [5.41, 5.74) is 1.30. The van der Waals surface area contributed by atoms with Gasteiger partial charge in [0.1, 0.15) is 0 Å². The fourth-order valence-electron chi connectivity index (χ4n) is 3.45. The third kappa shape index (κ3) is 8.22. The van der Waals surface area contributed by atoms with Gasteiger partial charge in [0.15, 0.2) is 11.1 Å². The van der Waals surface area contributed by atoms with Crippen molar-refractivity contribution < 1.29 is 8.76 Å². The van der Waals surface area contributed by atoms with Crippen LogP contribution in [0, 0.1) is 0 Å². The van der Waals surface area contributed by atoms with Crippen LogP contribution in [0.3, 0.4) is 0 Å². The van der Waals surface area contributed by atoms with E-state index >= 15 is 0 Å². The first-order valence-corrected chi connectivity index (χ1v) is 11.0. The molecule has 0 radical (unpaired) electrons. The van der Waals surface area contributed by atoms with Crippen molar-refractivity contribution in [3.63, 3.8) is 0 Å². The van der Waals surface area contributed by atoms with Crippen LogP contribution in [-0.2, 0) is 17.5 Å². The summed E-state index contributed by atoms with van der Waals surface area (Å²) >= 11 is -1.91. The Morgan fingerprint density at radius 1 is 0.846 bits per heavy atom. The number of hydrogen-bond donors (Lipinski definition) is 1. The molecular formula is C22H33NaO2S. The number of aryl methyl sites for hydroxylation is 1. The van der Waals surface area contributed by atoms with E-state index in [9.17, 15) is 8.76 Å². The summed E-state index contributed by atoms with van der Waals surface area (Å²) in [5.74, 6) is 0. The minimum absolute atomic E-state index is 0. The monoisotopic (exact) mass is 384 g/mol. The first kappa shape index (κ1) is 23.8. The molecule has 0 fully saturated rings. The zero-order valence-corrected chi connectivity index (χ0v) is 16.3. The van der Waals surface area contributed by atoms with Gasteiger partial charge in [0, 0.05) is 0 Å². The zero-order valence-electron chi connectivity index (χ0n) is 15.5. The van der Waals surface area contributed by atoms with E-state index in [2.05, 4.69) is 25.1 Å². The maximum atomic E-state index is 11.3. The normalized spacial score (nSPS) is 12.1. The summed E-state index contributed by atoms with van der Waals surface area (Å²) in [6, 6.07) is 11.9. The summed E-state index contributed by atoms with van der Waals surface area (Å²) in [4.78, 5) is 0.489. The van der Waals surface area contributed by atoms with Crippen LogP contribution in [0.4, 0.5) is 0 Å². The molecule has 0 aliphatic heterocycles. The van der Waals surface area contributed by atoms with E-state index in [0.29, 0.717) is 4.90 Å². The standard InChI is InChI=1S/C22H32O2S.Na.H/c1-2-3-4-5-6-7-8-9-10-11-13-19-14-12-15-20-16-17-21(25(23)24)18-22(19)20;;/h12,14-18H,2-11,13H2,1H3,(H,23,24);;. The van der Waals surface area contributed by atoms with Gasteiger partial charge < -0.3 is 4.55 Å². The van der Waals surface area contributed by atoms with Crippen LogP contribution in [0.2, 0.25) is 0 Å². The Bertz CT molecular complexity index is 672. The average Bonchev–Trinajstić information content (AvgIpc) is 2.63. The Balaban J connectivity index is 0.00000338. The fourth-order valence-corrected chi connectivity index (χ4v) is 3.85. The van der Waals surface area contributed by atoms with E-state index in [1.54, 1.807) is 6.07 Å². The van der Waals surface area contributed by atoms with E-state index in [1.807, 2.05) is 12.1 Å². The van der Waals surface area contributed by atoms with Crippen molar-refractivity contribution in [2.45, 2.75) is 82.4 Å². The van der Waals surface area contributed by atoms with Crippen molar-refractivity contribution in [2.24, 2.45) is 0 Å². The molecule has 2 nitrogen and oxygen atoms in total. The van der Waals surface area contributed by atoms with E-state index in [-0.39, 0.29) is 29.6 Å². The molecule has 0 saturated heterocycles. The molecule has 2 aromatic carbocycles. The third-order valence-electron chi connectivity index (χ3n) is 4.95. The molecular weight excluding hydrogens is 351 g/mol. The van der Waals surface area contributed by atoms with Gasteiger partial charge >= 0.3 is 29.6 Å². The van der Waals surface area contributed by atoms with Gasteiger partial charge in [-0.1, -0.05) is 89.0 Å². The molecule has 1 N–H and O–H groups in total. The second-order valence-corrected chi connectivity index (χ2v) is 7.95. The molecule has 2 rings (SSSR count). The van der Waals surface area contributed by atoms with Crippen molar-refractivity contribution >= 4 is 51.4 Å². The van der Waals surface area contributed by atoms with Crippen LogP contribution in [0.1, 0.15) is 76.7 Å². The van der Waals surface area contributed by atoms with Crippen molar-refractivity contribution in [1.82, 2.24) is 0 Å². The van der Waals surface area contributed by atoms with Crippen molar-refractivity contribution in [3.05, 3.63) is 42.0 Å². The number of benzene rings is 2. The number of fused-ring (bicyclic) bond motifs is 1. The molecule has 0 spiro atoms. The molecule has 0 aromatic heterocycles. The summed E-state index contributed by atoms with van der Waals surface area (Å²) in [5, 5.41) is 2.28. The average molecular weight is 385 g/mol. The first-order valence-electron chi connectivity index (χ1n) is 9.85. The minimum atomic E-state index is -1.91. The Labute approximate surface area is 183 Å². The second kappa shape index (κ2) is 13.9. The molecule has 0 amide bonds. The summed E-state index contributed by atoms with van der Waals surface area (Å²) in [6.07, 6.45) is 14.5. The molecule has 0 saturated carbocycles. The summed E-state index contributed by atoms with van der Waals surface area (Å²) in [6.45, 7) is 2.26. The van der Waals surface area contributed by atoms with E-state index < -0.39 is 11.1 Å². The number of unbranched alkanes of at least 4 members (excludes halogenated alkanes) is 9. The number of hydrogen-bond acceptors (Lipinski definition) is 1. The fraction of sp³-hybridized carbons (Fsp3) is 0.545. The quantitative estimate of drug-likeness (QED) is 0.267.